The van der Waals surface area contributed by atoms with Gasteiger partial charge < -0.3 is 4.90 Å². The van der Waals surface area contributed by atoms with Gasteiger partial charge in [0, 0.05) is 11.9 Å². The van der Waals surface area contributed by atoms with Gasteiger partial charge >= 0.3 is 0 Å². The highest BCUT2D eigenvalue weighted by Gasteiger charge is 2.20. The summed E-state index contributed by atoms with van der Waals surface area (Å²) in [4.78, 5) is 3.43. The van der Waals surface area contributed by atoms with Gasteiger partial charge in [-0.15, -0.1) is 0 Å². The number of rotatable bonds is 1. The lowest BCUT2D eigenvalue weighted by Crippen LogP contribution is -2.08. The lowest BCUT2D eigenvalue weighted by atomic mass is 10.1. The van der Waals surface area contributed by atoms with E-state index in [-0.39, 0.29) is 0 Å². The first-order chi connectivity index (χ1) is 8.25. The molecule has 0 aliphatic carbocycles. The lowest BCUT2D eigenvalue weighted by Gasteiger charge is -2.13. The zero-order chi connectivity index (χ0) is 11.8. The standard InChI is InChI=1S/C15H13NS/c1-11-16(2)14-10-13(8-9-15(14)17-11)12-6-4-3-5-7-12/h3-10H,1H2,2H3. The largest absolute Gasteiger partial charge is 0.339 e. The van der Waals surface area contributed by atoms with Crippen LogP contribution in [0.5, 0.6) is 0 Å². The van der Waals surface area contributed by atoms with Gasteiger partial charge in [0.2, 0.25) is 0 Å². The predicted octanol–water partition coefficient (Wildman–Crippen LogP) is 4.37. The first-order valence-corrected chi connectivity index (χ1v) is 6.37. The molecule has 2 heteroatoms. The Kier molecular flexibility index (Phi) is 2.45. The molecule has 1 aliphatic rings. The van der Waals surface area contributed by atoms with Crippen molar-refractivity contribution < 1.29 is 0 Å². The minimum atomic E-state index is 1.09. The number of fused-ring (bicyclic) bond motifs is 1. The topological polar surface area (TPSA) is 3.24 Å². The average molecular weight is 239 g/mol. The molecule has 0 radical (unpaired) electrons. The summed E-state index contributed by atoms with van der Waals surface area (Å²) < 4.78 is 0. The van der Waals surface area contributed by atoms with E-state index >= 15 is 0 Å². The van der Waals surface area contributed by atoms with Crippen molar-refractivity contribution in [3.63, 3.8) is 0 Å². The number of hydrogen-bond donors (Lipinski definition) is 0. The zero-order valence-electron chi connectivity index (χ0n) is 9.68. The van der Waals surface area contributed by atoms with Crippen LogP contribution in [-0.2, 0) is 0 Å². The Morgan fingerprint density at radius 3 is 2.53 bits per heavy atom. The fraction of sp³-hybridized carbons (Fsp3) is 0.0667. The second-order valence-electron chi connectivity index (χ2n) is 4.10. The third-order valence-electron chi connectivity index (χ3n) is 3.03. The Hall–Kier alpha value is -1.67. The van der Waals surface area contributed by atoms with Crippen molar-refractivity contribution in [1.82, 2.24) is 0 Å². The number of anilines is 1. The molecule has 17 heavy (non-hydrogen) atoms. The van der Waals surface area contributed by atoms with Crippen molar-refractivity contribution in [2.45, 2.75) is 4.90 Å². The molecule has 0 saturated carbocycles. The van der Waals surface area contributed by atoms with E-state index in [1.807, 2.05) is 6.07 Å². The molecular weight excluding hydrogens is 226 g/mol. The van der Waals surface area contributed by atoms with Crippen LogP contribution in [0.25, 0.3) is 11.1 Å². The van der Waals surface area contributed by atoms with Crippen LogP contribution in [0.1, 0.15) is 0 Å². The Morgan fingerprint density at radius 1 is 1.00 bits per heavy atom. The highest BCUT2D eigenvalue weighted by molar-refractivity contribution is 8.03. The zero-order valence-corrected chi connectivity index (χ0v) is 10.5. The second-order valence-corrected chi connectivity index (χ2v) is 5.22. The van der Waals surface area contributed by atoms with E-state index in [1.54, 1.807) is 11.8 Å². The van der Waals surface area contributed by atoms with Gasteiger partial charge in [-0.3, -0.25) is 0 Å². The Labute approximate surface area is 106 Å². The van der Waals surface area contributed by atoms with Gasteiger partial charge in [-0.2, -0.15) is 0 Å². The van der Waals surface area contributed by atoms with E-state index in [0.717, 1.165) is 5.03 Å². The number of thioether (sulfide) groups is 1. The molecule has 1 nitrogen and oxygen atoms in total. The summed E-state index contributed by atoms with van der Waals surface area (Å²) in [6, 6.07) is 17.0. The van der Waals surface area contributed by atoms with Crippen molar-refractivity contribution in [2.24, 2.45) is 0 Å². The molecule has 2 aromatic carbocycles. The SMILES string of the molecule is C=C1Sc2ccc(-c3ccccc3)cc2N1C. The highest BCUT2D eigenvalue weighted by Crippen LogP contribution is 2.45. The number of hydrogen-bond acceptors (Lipinski definition) is 2. The van der Waals surface area contributed by atoms with Gasteiger partial charge in [0.1, 0.15) is 0 Å². The van der Waals surface area contributed by atoms with Gasteiger partial charge in [-0.25, -0.2) is 0 Å². The van der Waals surface area contributed by atoms with E-state index in [0.29, 0.717) is 0 Å². The summed E-state index contributed by atoms with van der Waals surface area (Å²) in [7, 11) is 2.07. The molecule has 0 unspecified atom stereocenters. The van der Waals surface area contributed by atoms with Crippen LogP contribution < -0.4 is 4.90 Å². The molecule has 0 spiro atoms. The van der Waals surface area contributed by atoms with Crippen molar-refractivity contribution >= 4 is 17.4 Å². The van der Waals surface area contributed by atoms with Crippen LogP contribution in [0.15, 0.2) is 65.0 Å². The molecule has 0 amide bonds. The summed E-state index contributed by atoms with van der Waals surface area (Å²) in [6.45, 7) is 4.04. The fourth-order valence-corrected chi connectivity index (χ4v) is 2.93. The molecule has 0 saturated heterocycles. The highest BCUT2D eigenvalue weighted by atomic mass is 32.2. The Morgan fingerprint density at radius 2 is 1.76 bits per heavy atom. The first-order valence-electron chi connectivity index (χ1n) is 5.55. The van der Waals surface area contributed by atoms with Gasteiger partial charge in [0.25, 0.3) is 0 Å². The third-order valence-corrected chi connectivity index (χ3v) is 4.10. The molecule has 1 aliphatic heterocycles. The normalized spacial score (nSPS) is 13.9. The molecule has 0 atom stereocenters. The number of benzene rings is 2. The number of nitrogens with zero attached hydrogens (tertiary/aromatic N) is 1. The van der Waals surface area contributed by atoms with Crippen molar-refractivity contribution in [3.8, 4) is 11.1 Å². The van der Waals surface area contributed by atoms with Gasteiger partial charge in [-0.05, 0) is 23.3 Å². The van der Waals surface area contributed by atoms with Crippen molar-refractivity contribution in [1.29, 1.82) is 0 Å². The summed E-state index contributed by atoms with van der Waals surface area (Å²) in [5.74, 6) is 0. The van der Waals surface area contributed by atoms with E-state index in [4.69, 9.17) is 0 Å². The summed E-state index contributed by atoms with van der Waals surface area (Å²) in [6.07, 6.45) is 0. The molecule has 0 N–H and O–H groups in total. The molecule has 0 aromatic heterocycles. The minimum Gasteiger partial charge on any atom is -0.339 e. The van der Waals surface area contributed by atoms with Gasteiger partial charge in [0.05, 0.1) is 10.7 Å². The van der Waals surface area contributed by atoms with Crippen LogP contribution in [0, 0.1) is 0 Å². The van der Waals surface area contributed by atoms with Crippen LogP contribution >= 0.6 is 11.8 Å². The maximum atomic E-state index is 4.04. The van der Waals surface area contributed by atoms with E-state index in [2.05, 4.69) is 61.0 Å². The van der Waals surface area contributed by atoms with Gasteiger partial charge in [-0.1, -0.05) is 54.7 Å². The van der Waals surface area contributed by atoms with Crippen LogP contribution in [0.3, 0.4) is 0 Å². The third kappa shape index (κ3) is 1.75. The van der Waals surface area contributed by atoms with Gasteiger partial charge in [0.15, 0.2) is 0 Å². The monoisotopic (exact) mass is 239 g/mol. The van der Waals surface area contributed by atoms with Crippen LogP contribution in [0.2, 0.25) is 0 Å². The predicted molar refractivity (Wildman–Crippen MR) is 75.3 cm³/mol. The fourth-order valence-electron chi connectivity index (χ4n) is 2.01. The van der Waals surface area contributed by atoms with Crippen molar-refractivity contribution in [2.75, 3.05) is 11.9 Å². The van der Waals surface area contributed by atoms with Crippen LogP contribution in [0.4, 0.5) is 5.69 Å². The first kappa shape index (κ1) is 10.5. The van der Waals surface area contributed by atoms with E-state index in [9.17, 15) is 0 Å². The maximum Gasteiger partial charge on any atom is 0.0725 e. The molecule has 2 aromatic rings. The van der Waals surface area contributed by atoms with Crippen LogP contribution in [-0.4, -0.2) is 7.05 Å². The van der Waals surface area contributed by atoms with Crippen molar-refractivity contribution in [3.05, 3.63) is 60.1 Å². The Bertz CT molecular complexity index is 575. The molecule has 1 heterocycles. The molecule has 0 bridgehead atoms. The quantitative estimate of drug-likeness (QED) is 0.727. The maximum absolute atomic E-state index is 4.04. The lowest BCUT2D eigenvalue weighted by molar-refractivity contribution is 1.18. The molecular formula is C15H13NS. The second kappa shape index (κ2) is 3.97. The minimum absolute atomic E-state index is 1.09. The van der Waals surface area contributed by atoms with E-state index < -0.39 is 0 Å². The summed E-state index contributed by atoms with van der Waals surface area (Å²) in [5.41, 5.74) is 3.76. The van der Waals surface area contributed by atoms with E-state index in [1.165, 1.54) is 21.7 Å². The molecule has 84 valence electrons. The average Bonchev–Trinajstić information content (AvgIpc) is 2.66. The smallest absolute Gasteiger partial charge is 0.0725 e. The molecule has 3 rings (SSSR count). The summed E-state index contributed by atoms with van der Waals surface area (Å²) >= 11 is 1.73. The molecule has 0 fully saturated rings. The Balaban J connectivity index is 2.09. The summed E-state index contributed by atoms with van der Waals surface area (Å²) in [5, 5.41) is 1.09.